The number of nitrogens with two attached hydrogens (primary N) is 1. The molecule has 138 valence electrons. The maximum Gasteiger partial charge on any atom is 0.144 e. The fourth-order valence-corrected chi connectivity index (χ4v) is 3.83. The number of pyridine rings is 2. The minimum Gasteiger partial charge on any atom is -0.383 e. The Kier molecular flexibility index (Phi) is 4.69. The first-order chi connectivity index (χ1) is 13.2. The van der Waals surface area contributed by atoms with Crippen LogP contribution in [0.3, 0.4) is 0 Å². The van der Waals surface area contributed by atoms with E-state index in [-0.39, 0.29) is 0 Å². The van der Waals surface area contributed by atoms with Gasteiger partial charge in [0.1, 0.15) is 21.2 Å². The molecule has 0 aromatic carbocycles. The van der Waals surface area contributed by atoms with Crippen LogP contribution in [-0.2, 0) is 4.74 Å². The first-order valence-electron chi connectivity index (χ1n) is 8.39. The number of anilines is 2. The number of nitrogens with one attached hydrogen (secondary N) is 1. The molecule has 0 saturated carbocycles. The molecule has 4 heterocycles. The fourth-order valence-electron chi connectivity index (χ4n) is 2.83. The van der Waals surface area contributed by atoms with Crippen molar-refractivity contribution < 1.29 is 4.74 Å². The zero-order chi connectivity index (χ0) is 18.8. The van der Waals surface area contributed by atoms with Crippen LogP contribution in [0.5, 0.6) is 0 Å². The maximum absolute atomic E-state index is 6.21. The Morgan fingerprint density at radius 1 is 1.26 bits per heavy atom. The first-order valence-corrected chi connectivity index (χ1v) is 9.20. The van der Waals surface area contributed by atoms with Crippen LogP contribution in [0.1, 0.15) is 0 Å². The summed E-state index contributed by atoms with van der Waals surface area (Å²) in [6.07, 6.45) is 5.27. The van der Waals surface area contributed by atoms with Gasteiger partial charge in [-0.3, -0.25) is 5.10 Å². The van der Waals surface area contributed by atoms with Gasteiger partial charge in [0.15, 0.2) is 0 Å². The molecule has 27 heavy (non-hydrogen) atoms. The molecule has 0 aliphatic heterocycles. The van der Waals surface area contributed by atoms with Crippen LogP contribution in [0.4, 0.5) is 11.5 Å². The van der Waals surface area contributed by atoms with E-state index in [4.69, 9.17) is 20.4 Å². The van der Waals surface area contributed by atoms with E-state index in [9.17, 15) is 0 Å². The van der Waals surface area contributed by atoms with Crippen LogP contribution in [0, 0.1) is 0 Å². The second-order valence-electron chi connectivity index (χ2n) is 6.03. The zero-order valence-corrected chi connectivity index (χ0v) is 15.8. The molecular weight excluding hydrogens is 362 g/mol. The minimum absolute atomic E-state index is 0.450. The number of rotatable bonds is 6. The third-order valence-electron chi connectivity index (χ3n) is 4.26. The summed E-state index contributed by atoms with van der Waals surface area (Å²) in [6, 6.07) is 5.85. The van der Waals surface area contributed by atoms with Gasteiger partial charge in [0.25, 0.3) is 0 Å². The molecule has 0 atom stereocenters. The second-order valence-corrected chi connectivity index (χ2v) is 7.01. The summed E-state index contributed by atoms with van der Waals surface area (Å²) < 4.78 is 5.19. The Bertz CT molecular complexity index is 1060. The predicted octanol–water partition coefficient (Wildman–Crippen LogP) is 2.81. The molecule has 0 bridgehead atoms. The van der Waals surface area contributed by atoms with Crippen LogP contribution < -0.4 is 10.6 Å². The van der Waals surface area contributed by atoms with Gasteiger partial charge in [-0.2, -0.15) is 5.10 Å². The number of hydrogen-bond donors (Lipinski definition) is 2. The predicted molar refractivity (Wildman–Crippen MR) is 108 cm³/mol. The molecule has 3 N–H and O–H groups in total. The third kappa shape index (κ3) is 3.34. The largest absolute Gasteiger partial charge is 0.383 e. The van der Waals surface area contributed by atoms with Crippen molar-refractivity contribution in [3.63, 3.8) is 0 Å². The highest BCUT2D eigenvalue weighted by Gasteiger charge is 2.18. The van der Waals surface area contributed by atoms with E-state index in [0.29, 0.717) is 12.4 Å². The summed E-state index contributed by atoms with van der Waals surface area (Å²) in [5, 5.41) is 7.59. The van der Waals surface area contributed by atoms with Gasteiger partial charge in [-0.05, 0) is 18.2 Å². The van der Waals surface area contributed by atoms with Crippen molar-refractivity contribution >= 4 is 33.2 Å². The number of H-pyrrole nitrogens is 1. The maximum atomic E-state index is 6.21. The van der Waals surface area contributed by atoms with Gasteiger partial charge in [-0.25, -0.2) is 15.0 Å². The molecule has 4 aromatic heterocycles. The van der Waals surface area contributed by atoms with Crippen LogP contribution in [0.25, 0.3) is 32.2 Å². The smallest absolute Gasteiger partial charge is 0.144 e. The number of nitrogen functional groups attached to an aromatic ring is 1. The highest BCUT2D eigenvalue weighted by atomic mass is 32.1. The fraction of sp³-hybridized carbons (Fsp3) is 0.222. The molecule has 0 radical (unpaired) electrons. The number of fused-ring (bicyclic) bond motifs is 1. The molecule has 0 unspecified atom stereocenters. The highest BCUT2D eigenvalue weighted by Crippen LogP contribution is 2.38. The molecule has 0 spiro atoms. The molecule has 0 fully saturated rings. The van der Waals surface area contributed by atoms with Crippen molar-refractivity contribution in [1.82, 2.24) is 25.1 Å². The van der Waals surface area contributed by atoms with Crippen molar-refractivity contribution in [3.8, 4) is 21.8 Å². The van der Waals surface area contributed by atoms with E-state index in [2.05, 4.69) is 20.1 Å². The standard InChI is InChI=1S/C18H19N7OS/c1-25(7-8-26-2)14-5-6-20-16(19)15(14)18-24-13-4-3-12(23-17(13)27-18)11-9-21-22-10-11/h3-6,9-10H,7-8H2,1-2H3,(H2,19,20)(H,21,22). The highest BCUT2D eigenvalue weighted by molar-refractivity contribution is 7.21. The lowest BCUT2D eigenvalue weighted by atomic mass is 10.2. The van der Waals surface area contributed by atoms with Crippen molar-refractivity contribution in [2.45, 2.75) is 0 Å². The van der Waals surface area contributed by atoms with Gasteiger partial charge >= 0.3 is 0 Å². The van der Waals surface area contributed by atoms with Gasteiger partial charge in [-0.15, -0.1) is 0 Å². The third-order valence-corrected chi connectivity index (χ3v) is 5.25. The number of methoxy groups -OCH3 is 1. The normalized spacial score (nSPS) is 11.2. The van der Waals surface area contributed by atoms with Crippen LogP contribution in [0.15, 0.2) is 36.8 Å². The monoisotopic (exact) mass is 381 g/mol. The van der Waals surface area contributed by atoms with Gasteiger partial charge in [0, 0.05) is 38.7 Å². The summed E-state index contributed by atoms with van der Waals surface area (Å²) >= 11 is 1.50. The molecule has 4 aromatic rings. The lowest BCUT2D eigenvalue weighted by molar-refractivity contribution is 0.206. The van der Waals surface area contributed by atoms with Gasteiger partial charge in [0.05, 0.1) is 29.7 Å². The van der Waals surface area contributed by atoms with Crippen LogP contribution >= 0.6 is 11.3 Å². The van der Waals surface area contributed by atoms with E-state index >= 15 is 0 Å². The summed E-state index contributed by atoms with van der Waals surface area (Å²) in [5.41, 5.74) is 10.6. The van der Waals surface area contributed by atoms with Crippen LogP contribution in [0.2, 0.25) is 0 Å². The average molecular weight is 381 g/mol. The van der Waals surface area contributed by atoms with Crippen molar-refractivity contribution in [2.75, 3.05) is 37.9 Å². The number of likely N-dealkylation sites (N-methyl/N-ethyl adjacent to an activating group) is 1. The zero-order valence-electron chi connectivity index (χ0n) is 15.0. The van der Waals surface area contributed by atoms with Gasteiger partial charge < -0.3 is 15.4 Å². The Balaban J connectivity index is 1.78. The molecular formula is C18H19N7OS. The Hall–Kier alpha value is -3.04. The lowest BCUT2D eigenvalue weighted by Gasteiger charge is -2.21. The first kappa shape index (κ1) is 17.4. The Morgan fingerprint density at radius 2 is 2.15 bits per heavy atom. The summed E-state index contributed by atoms with van der Waals surface area (Å²) in [6.45, 7) is 1.36. The Morgan fingerprint density at radius 3 is 2.93 bits per heavy atom. The quantitative estimate of drug-likeness (QED) is 0.529. The molecule has 0 amide bonds. The summed E-state index contributed by atoms with van der Waals surface area (Å²) in [5.74, 6) is 0.450. The second kappa shape index (κ2) is 7.29. The topological polar surface area (TPSA) is 106 Å². The lowest BCUT2D eigenvalue weighted by Crippen LogP contribution is -2.23. The number of aromatic nitrogens is 5. The van der Waals surface area contributed by atoms with Crippen molar-refractivity contribution in [3.05, 3.63) is 36.8 Å². The van der Waals surface area contributed by atoms with E-state index < -0.39 is 0 Å². The number of aromatic amines is 1. The summed E-state index contributed by atoms with van der Waals surface area (Å²) in [7, 11) is 3.69. The Labute approximate surface area is 160 Å². The van der Waals surface area contributed by atoms with Crippen molar-refractivity contribution in [1.29, 1.82) is 0 Å². The number of ether oxygens (including phenoxy) is 1. The van der Waals surface area contributed by atoms with Gasteiger partial charge in [-0.1, -0.05) is 11.3 Å². The average Bonchev–Trinajstić information content (AvgIpc) is 3.34. The van der Waals surface area contributed by atoms with E-state index in [0.717, 1.165) is 44.4 Å². The molecule has 0 aliphatic rings. The molecule has 0 saturated heterocycles. The number of nitrogens with zero attached hydrogens (tertiary/aromatic N) is 5. The molecule has 8 nitrogen and oxygen atoms in total. The van der Waals surface area contributed by atoms with Crippen LogP contribution in [-0.4, -0.2) is 52.5 Å². The summed E-state index contributed by atoms with van der Waals surface area (Å²) in [4.78, 5) is 16.7. The molecule has 9 heteroatoms. The van der Waals surface area contributed by atoms with Crippen molar-refractivity contribution in [2.24, 2.45) is 0 Å². The SMILES string of the molecule is COCCN(C)c1ccnc(N)c1-c1nc2ccc(-c3cn[nH]c3)nc2s1. The molecule has 4 rings (SSSR count). The van der Waals surface area contributed by atoms with Gasteiger partial charge in [0.2, 0.25) is 0 Å². The van der Waals surface area contributed by atoms with E-state index in [1.165, 1.54) is 11.3 Å². The number of thiazole rings is 1. The minimum atomic E-state index is 0.450. The molecule has 0 aliphatic carbocycles. The number of hydrogen-bond acceptors (Lipinski definition) is 8. The van der Waals surface area contributed by atoms with E-state index in [1.807, 2.05) is 31.4 Å². The van der Waals surface area contributed by atoms with E-state index in [1.54, 1.807) is 19.5 Å².